The van der Waals surface area contributed by atoms with Gasteiger partial charge < -0.3 is 15.5 Å². The van der Waals surface area contributed by atoms with E-state index in [4.69, 9.17) is 4.99 Å². The molecule has 1 aromatic carbocycles. The molecular formula is C23H35IN6. The number of benzene rings is 1. The highest BCUT2D eigenvalue weighted by Crippen LogP contribution is 2.20. The summed E-state index contributed by atoms with van der Waals surface area (Å²) in [4.78, 5) is 14.0. The highest BCUT2D eigenvalue weighted by molar-refractivity contribution is 14.0. The second-order valence-electron chi connectivity index (χ2n) is 7.92. The zero-order chi connectivity index (χ0) is 20.6. The summed E-state index contributed by atoms with van der Waals surface area (Å²) in [6, 6.07) is 17.7. The molecule has 1 saturated heterocycles. The lowest BCUT2D eigenvalue weighted by atomic mass is 10.2. The standard InChI is InChI=1S/C23H34N6.HI/c1-5-24-23(25-15-20-12-9-13-22(26-20)28(3)4)27-21-14-18(2)29(17-21)16-19-10-7-6-8-11-19;/h6-13,18,21H,5,14-17H2,1-4H3,(H2,24,25,27);1H. The molecule has 6 nitrogen and oxygen atoms in total. The van der Waals surface area contributed by atoms with Gasteiger partial charge in [0, 0.05) is 45.8 Å². The fraction of sp³-hybridized carbons (Fsp3) is 0.478. The van der Waals surface area contributed by atoms with Gasteiger partial charge in [0.1, 0.15) is 5.82 Å². The van der Waals surface area contributed by atoms with Crippen molar-refractivity contribution in [1.29, 1.82) is 0 Å². The number of aromatic nitrogens is 1. The van der Waals surface area contributed by atoms with E-state index in [1.165, 1.54) is 5.56 Å². The molecule has 2 aromatic rings. The van der Waals surface area contributed by atoms with Crippen LogP contribution in [-0.4, -0.2) is 55.1 Å². The van der Waals surface area contributed by atoms with E-state index in [0.717, 1.165) is 43.5 Å². The van der Waals surface area contributed by atoms with Crippen LogP contribution in [0.3, 0.4) is 0 Å². The molecule has 1 fully saturated rings. The Labute approximate surface area is 198 Å². The van der Waals surface area contributed by atoms with Crippen LogP contribution in [0.25, 0.3) is 0 Å². The molecule has 0 amide bonds. The van der Waals surface area contributed by atoms with Crippen LogP contribution in [0.2, 0.25) is 0 Å². The van der Waals surface area contributed by atoms with Crippen molar-refractivity contribution in [2.24, 2.45) is 4.99 Å². The molecule has 0 saturated carbocycles. The Hall–Kier alpha value is -1.87. The van der Waals surface area contributed by atoms with Crippen molar-refractivity contribution >= 4 is 35.8 Å². The van der Waals surface area contributed by atoms with Crippen molar-refractivity contribution in [2.45, 2.75) is 45.4 Å². The maximum atomic E-state index is 4.78. The minimum absolute atomic E-state index is 0. The lowest BCUT2D eigenvalue weighted by molar-refractivity contribution is 0.258. The zero-order valence-electron chi connectivity index (χ0n) is 18.5. The summed E-state index contributed by atoms with van der Waals surface area (Å²) in [5.41, 5.74) is 2.34. The van der Waals surface area contributed by atoms with Crippen LogP contribution in [0.5, 0.6) is 0 Å². The highest BCUT2D eigenvalue weighted by Gasteiger charge is 2.29. The van der Waals surface area contributed by atoms with Crippen molar-refractivity contribution < 1.29 is 0 Å². The minimum Gasteiger partial charge on any atom is -0.363 e. The molecule has 2 heterocycles. The van der Waals surface area contributed by atoms with Crippen LogP contribution in [0, 0.1) is 0 Å². The van der Waals surface area contributed by atoms with Crippen LogP contribution in [0.1, 0.15) is 31.5 Å². The topological polar surface area (TPSA) is 55.8 Å². The number of aliphatic imine (C=N–C) groups is 1. The third-order valence-electron chi connectivity index (χ3n) is 5.27. The van der Waals surface area contributed by atoms with E-state index in [1.54, 1.807) is 0 Å². The van der Waals surface area contributed by atoms with Crippen molar-refractivity contribution in [3.8, 4) is 0 Å². The summed E-state index contributed by atoms with van der Waals surface area (Å²) < 4.78 is 0. The summed E-state index contributed by atoms with van der Waals surface area (Å²) in [5.74, 6) is 1.82. The molecule has 1 aromatic heterocycles. The van der Waals surface area contributed by atoms with Crippen LogP contribution >= 0.6 is 24.0 Å². The molecule has 0 bridgehead atoms. The van der Waals surface area contributed by atoms with Gasteiger partial charge in [-0.1, -0.05) is 36.4 Å². The second kappa shape index (κ2) is 12.1. The molecule has 2 atom stereocenters. The Balaban J connectivity index is 0.00000320. The molecular weight excluding hydrogens is 487 g/mol. The normalized spacial score (nSPS) is 19.3. The Morgan fingerprint density at radius 2 is 1.93 bits per heavy atom. The first-order chi connectivity index (χ1) is 14.0. The summed E-state index contributed by atoms with van der Waals surface area (Å²) in [6.07, 6.45) is 1.12. The number of anilines is 1. The first-order valence-corrected chi connectivity index (χ1v) is 10.5. The van der Waals surface area contributed by atoms with E-state index in [9.17, 15) is 0 Å². The van der Waals surface area contributed by atoms with Crippen LogP contribution in [-0.2, 0) is 13.1 Å². The summed E-state index contributed by atoms with van der Waals surface area (Å²) in [6.45, 7) is 7.83. The Kier molecular flexibility index (Phi) is 9.84. The van der Waals surface area contributed by atoms with Gasteiger partial charge in [-0.05, 0) is 38.0 Å². The quantitative estimate of drug-likeness (QED) is 0.332. The Morgan fingerprint density at radius 3 is 2.63 bits per heavy atom. The third kappa shape index (κ3) is 7.12. The predicted octanol–water partition coefficient (Wildman–Crippen LogP) is 3.48. The molecule has 7 heteroatoms. The smallest absolute Gasteiger partial charge is 0.191 e. The first-order valence-electron chi connectivity index (χ1n) is 10.5. The predicted molar refractivity (Wildman–Crippen MR) is 137 cm³/mol. The van der Waals surface area contributed by atoms with E-state index < -0.39 is 0 Å². The van der Waals surface area contributed by atoms with Crippen LogP contribution in [0.4, 0.5) is 5.82 Å². The van der Waals surface area contributed by atoms with E-state index in [-0.39, 0.29) is 24.0 Å². The average Bonchev–Trinajstić information content (AvgIpc) is 3.06. The highest BCUT2D eigenvalue weighted by atomic mass is 127. The molecule has 0 spiro atoms. The average molecular weight is 522 g/mol. The summed E-state index contributed by atoms with van der Waals surface area (Å²) in [5, 5.41) is 7.01. The number of halogens is 1. The number of rotatable bonds is 7. The van der Waals surface area contributed by atoms with Crippen LogP contribution < -0.4 is 15.5 Å². The number of hydrogen-bond donors (Lipinski definition) is 2. The molecule has 164 valence electrons. The number of likely N-dealkylation sites (tertiary alicyclic amines) is 1. The maximum Gasteiger partial charge on any atom is 0.191 e. The largest absolute Gasteiger partial charge is 0.363 e. The van der Waals surface area contributed by atoms with Gasteiger partial charge in [0.25, 0.3) is 0 Å². The lowest BCUT2D eigenvalue weighted by Gasteiger charge is -2.21. The summed E-state index contributed by atoms with van der Waals surface area (Å²) >= 11 is 0. The second-order valence-corrected chi connectivity index (χ2v) is 7.92. The fourth-order valence-corrected chi connectivity index (χ4v) is 3.72. The Bertz CT molecular complexity index is 795. The first kappa shape index (κ1) is 24.4. The van der Waals surface area contributed by atoms with Crippen molar-refractivity contribution in [3.63, 3.8) is 0 Å². The Morgan fingerprint density at radius 1 is 1.17 bits per heavy atom. The molecule has 1 aliphatic rings. The number of nitrogens with one attached hydrogen (secondary N) is 2. The SMILES string of the molecule is CCNC(=NCc1cccc(N(C)C)n1)NC1CC(C)N(Cc2ccccc2)C1.I. The van der Waals surface area contributed by atoms with E-state index >= 15 is 0 Å². The molecule has 2 unspecified atom stereocenters. The maximum absolute atomic E-state index is 4.78. The van der Waals surface area contributed by atoms with Gasteiger partial charge >= 0.3 is 0 Å². The molecule has 0 aliphatic carbocycles. The lowest BCUT2D eigenvalue weighted by Crippen LogP contribution is -2.44. The van der Waals surface area contributed by atoms with Gasteiger partial charge in [0.05, 0.1) is 12.2 Å². The molecule has 0 radical (unpaired) electrons. The third-order valence-corrected chi connectivity index (χ3v) is 5.27. The van der Waals surface area contributed by atoms with Gasteiger partial charge in [-0.3, -0.25) is 4.90 Å². The van der Waals surface area contributed by atoms with E-state index in [2.05, 4.69) is 64.7 Å². The van der Waals surface area contributed by atoms with E-state index in [1.807, 2.05) is 37.2 Å². The fourth-order valence-electron chi connectivity index (χ4n) is 3.72. The molecule has 30 heavy (non-hydrogen) atoms. The van der Waals surface area contributed by atoms with Crippen molar-refractivity contribution in [3.05, 3.63) is 59.8 Å². The number of guanidine groups is 1. The molecule has 3 rings (SSSR count). The number of hydrogen-bond acceptors (Lipinski definition) is 4. The molecule has 1 aliphatic heterocycles. The van der Waals surface area contributed by atoms with Gasteiger partial charge in [-0.25, -0.2) is 9.98 Å². The minimum atomic E-state index is 0. The van der Waals surface area contributed by atoms with Crippen LogP contribution in [0.15, 0.2) is 53.5 Å². The number of pyridine rings is 1. The van der Waals surface area contributed by atoms with E-state index in [0.29, 0.717) is 18.6 Å². The zero-order valence-corrected chi connectivity index (χ0v) is 20.8. The van der Waals surface area contributed by atoms with Gasteiger partial charge in [-0.2, -0.15) is 0 Å². The monoisotopic (exact) mass is 522 g/mol. The van der Waals surface area contributed by atoms with Crippen molar-refractivity contribution in [2.75, 3.05) is 32.1 Å². The van der Waals surface area contributed by atoms with Gasteiger partial charge in [0.2, 0.25) is 0 Å². The molecule has 2 N–H and O–H groups in total. The van der Waals surface area contributed by atoms with Gasteiger partial charge in [0.15, 0.2) is 5.96 Å². The van der Waals surface area contributed by atoms with Gasteiger partial charge in [-0.15, -0.1) is 24.0 Å². The number of nitrogens with zero attached hydrogens (tertiary/aromatic N) is 4. The van der Waals surface area contributed by atoms with Crippen molar-refractivity contribution in [1.82, 2.24) is 20.5 Å². The summed E-state index contributed by atoms with van der Waals surface area (Å²) in [7, 11) is 4.01.